The Kier molecular flexibility index (Phi) is 4.27. The second-order valence-electron chi connectivity index (χ2n) is 4.04. The smallest absolute Gasteiger partial charge is 0.123 e. The van der Waals surface area contributed by atoms with Crippen molar-refractivity contribution < 1.29 is 8.42 Å². The van der Waals surface area contributed by atoms with Gasteiger partial charge in [-0.05, 0) is 36.2 Å². The van der Waals surface area contributed by atoms with E-state index in [1.807, 2.05) is 19.1 Å². The van der Waals surface area contributed by atoms with E-state index in [2.05, 4.69) is 20.7 Å². The summed E-state index contributed by atoms with van der Waals surface area (Å²) in [6.07, 6.45) is 0.849. The van der Waals surface area contributed by atoms with Crippen molar-refractivity contribution in [2.24, 2.45) is 0 Å². The standard InChI is InChI=1S/C14H13BrNO2S/c1-2-11-4-3-5-13(10-11)16-19(17,18)14-8-6-12(15)7-9-14/h3-10H,2H2,1H3/q-1. The van der Waals surface area contributed by atoms with Crippen LogP contribution >= 0.6 is 15.9 Å². The Bertz CT molecular complexity index is 666. The predicted octanol–water partition coefficient (Wildman–Crippen LogP) is 4.41. The Hall–Kier alpha value is -1.33. The highest BCUT2D eigenvalue weighted by atomic mass is 79.9. The summed E-state index contributed by atoms with van der Waals surface area (Å²) in [5.41, 5.74) is 1.52. The summed E-state index contributed by atoms with van der Waals surface area (Å²) < 4.78 is 29.0. The maximum absolute atomic E-state index is 12.1. The zero-order valence-corrected chi connectivity index (χ0v) is 12.8. The van der Waals surface area contributed by atoms with Gasteiger partial charge in [-0.2, -0.15) is 0 Å². The molecule has 0 aliphatic carbocycles. The third-order valence-corrected chi connectivity index (χ3v) is 4.50. The van der Waals surface area contributed by atoms with Gasteiger partial charge in [-0.3, -0.25) is 0 Å². The van der Waals surface area contributed by atoms with Crippen LogP contribution in [0.5, 0.6) is 0 Å². The molecule has 0 aromatic heterocycles. The molecule has 0 amide bonds. The molecular formula is C14H13BrNO2S-. The first kappa shape index (κ1) is 14.1. The summed E-state index contributed by atoms with van der Waals surface area (Å²) in [7, 11) is -3.65. The lowest BCUT2D eigenvalue weighted by atomic mass is 10.1. The van der Waals surface area contributed by atoms with Crippen LogP contribution in [0.4, 0.5) is 5.69 Å². The van der Waals surface area contributed by atoms with Crippen LogP contribution in [0.15, 0.2) is 57.9 Å². The van der Waals surface area contributed by atoms with Crippen LogP contribution in [-0.4, -0.2) is 8.42 Å². The topological polar surface area (TPSA) is 48.2 Å². The van der Waals surface area contributed by atoms with Crippen molar-refractivity contribution in [3.8, 4) is 0 Å². The fourth-order valence-electron chi connectivity index (χ4n) is 1.63. The van der Waals surface area contributed by atoms with Crippen molar-refractivity contribution in [1.82, 2.24) is 0 Å². The summed E-state index contributed by atoms with van der Waals surface area (Å²) in [5, 5.41) is 0. The molecule has 100 valence electrons. The van der Waals surface area contributed by atoms with Crippen molar-refractivity contribution in [3.63, 3.8) is 0 Å². The lowest BCUT2D eigenvalue weighted by molar-refractivity contribution is 0.603. The van der Waals surface area contributed by atoms with Gasteiger partial charge in [0.25, 0.3) is 0 Å². The van der Waals surface area contributed by atoms with Gasteiger partial charge in [-0.25, -0.2) is 8.42 Å². The first-order valence-corrected chi connectivity index (χ1v) is 8.07. The molecule has 0 radical (unpaired) electrons. The number of benzene rings is 2. The van der Waals surface area contributed by atoms with E-state index in [0.717, 1.165) is 16.5 Å². The number of halogens is 1. The molecule has 0 heterocycles. The normalized spacial score (nSPS) is 11.3. The van der Waals surface area contributed by atoms with Gasteiger partial charge in [0.2, 0.25) is 0 Å². The van der Waals surface area contributed by atoms with Gasteiger partial charge in [0, 0.05) is 4.47 Å². The minimum atomic E-state index is -3.65. The van der Waals surface area contributed by atoms with Crippen LogP contribution in [0, 0.1) is 0 Å². The second-order valence-corrected chi connectivity index (χ2v) is 6.56. The van der Waals surface area contributed by atoms with Crippen molar-refractivity contribution in [2.75, 3.05) is 0 Å². The van der Waals surface area contributed by atoms with Crippen LogP contribution in [0.3, 0.4) is 0 Å². The maximum Gasteiger partial charge on any atom is 0.123 e. The Morgan fingerprint density at radius 3 is 2.42 bits per heavy atom. The Morgan fingerprint density at radius 2 is 1.79 bits per heavy atom. The molecule has 2 rings (SSSR count). The zero-order valence-electron chi connectivity index (χ0n) is 10.4. The molecule has 0 aliphatic rings. The number of nitrogens with zero attached hydrogens (tertiary/aromatic N) is 1. The molecule has 3 nitrogen and oxygen atoms in total. The number of hydrogen-bond acceptors (Lipinski definition) is 2. The molecule has 2 aromatic carbocycles. The molecule has 0 saturated carbocycles. The van der Waals surface area contributed by atoms with Crippen molar-refractivity contribution in [1.29, 1.82) is 0 Å². The minimum absolute atomic E-state index is 0.192. The summed E-state index contributed by atoms with van der Waals surface area (Å²) in [5.74, 6) is 0. The minimum Gasteiger partial charge on any atom is -0.573 e. The number of rotatable bonds is 4. The van der Waals surface area contributed by atoms with E-state index in [-0.39, 0.29) is 4.90 Å². The third kappa shape index (κ3) is 3.58. The average Bonchev–Trinajstić information content (AvgIpc) is 2.39. The van der Waals surface area contributed by atoms with E-state index < -0.39 is 10.0 Å². The molecule has 0 bridgehead atoms. The lowest BCUT2D eigenvalue weighted by Gasteiger charge is -2.22. The number of hydrogen-bond donors (Lipinski definition) is 0. The van der Waals surface area contributed by atoms with Gasteiger partial charge in [-0.15, -0.1) is 5.69 Å². The molecule has 0 fully saturated rings. The fourth-order valence-corrected chi connectivity index (χ4v) is 2.87. The zero-order chi connectivity index (χ0) is 13.9. The van der Waals surface area contributed by atoms with Gasteiger partial charge in [0.1, 0.15) is 10.0 Å². The highest BCUT2D eigenvalue weighted by Gasteiger charge is 2.04. The first-order valence-electron chi connectivity index (χ1n) is 5.84. The Labute approximate surface area is 121 Å². The molecule has 19 heavy (non-hydrogen) atoms. The Morgan fingerprint density at radius 1 is 1.11 bits per heavy atom. The van der Waals surface area contributed by atoms with Gasteiger partial charge in [0.05, 0.1) is 4.90 Å². The highest BCUT2D eigenvalue weighted by Crippen LogP contribution is 2.28. The molecule has 5 heteroatoms. The van der Waals surface area contributed by atoms with E-state index in [1.165, 1.54) is 12.1 Å². The van der Waals surface area contributed by atoms with E-state index in [0.29, 0.717) is 5.69 Å². The van der Waals surface area contributed by atoms with Crippen LogP contribution in [0.2, 0.25) is 0 Å². The molecule has 0 unspecified atom stereocenters. The number of sulfonamides is 1. The molecule has 2 aromatic rings. The van der Waals surface area contributed by atoms with Crippen molar-refractivity contribution in [2.45, 2.75) is 18.2 Å². The van der Waals surface area contributed by atoms with Crippen LogP contribution in [0.25, 0.3) is 4.72 Å². The van der Waals surface area contributed by atoms with E-state index >= 15 is 0 Å². The molecule has 0 saturated heterocycles. The molecule has 0 atom stereocenters. The molecule has 0 spiro atoms. The monoisotopic (exact) mass is 338 g/mol. The van der Waals surface area contributed by atoms with Crippen LogP contribution in [-0.2, 0) is 16.4 Å². The SMILES string of the molecule is CCc1cccc([N-]S(=O)(=O)c2ccc(Br)cc2)c1. The molecule has 0 N–H and O–H groups in total. The fraction of sp³-hybridized carbons (Fsp3) is 0.143. The quantitative estimate of drug-likeness (QED) is 0.829. The maximum atomic E-state index is 12.1. The van der Waals surface area contributed by atoms with Crippen molar-refractivity contribution in [3.05, 3.63) is 63.3 Å². The molecule has 0 aliphatic heterocycles. The van der Waals surface area contributed by atoms with E-state index in [4.69, 9.17) is 0 Å². The van der Waals surface area contributed by atoms with Gasteiger partial charge in [0.15, 0.2) is 0 Å². The summed E-state index contributed by atoms with van der Waals surface area (Å²) >= 11 is 3.27. The summed E-state index contributed by atoms with van der Waals surface area (Å²) in [4.78, 5) is 0.192. The van der Waals surface area contributed by atoms with Crippen LogP contribution < -0.4 is 0 Å². The lowest BCUT2D eigenvalue weighted by Crippen LogP contribution is -1.97. The average molecular weight is 339 g/mol. The largest absolute Gasteiger partial charge is 0.573 e. The highest BCUT2D eigenvalue weighted by molar-refractivity contribution is 9.10. The third-order valence-electron chi connectivity index (χ3n) is 2.66. The van der Waals surface area contributed by atoms with Gasteiger partial charge >= 0.3 is 0 Å². The second kappa shape index (κ2) is 5.75. The molecular weight excluding hydrogens is 326 g/mol. The van der Waals surface area contributed by atoms with Crippen molar-refractivity contribution >= 4 is 31.6 Å². The first-order chi connectivity index (χ1) is 9.01. The number of aryl methyl sites for hydroxylation is 1. The van der Waals surface area contributed by atoms with Crippen LogP contribution in [0.1, 0.15) is 12.5 Å². The summed E-state index contributed by atoms with van der Waals surface area (Å²) in [6.45, 7) is 2.02. The van der Waals surface area contributed by atoms with Gasteiger partial charge in [-0.1, -0.05) is 47.1 Å². The summed E-state index contributed by atoms with van der Waals surface area (Å²) in [6, 6.07) is 13.7. The predicted molar refractivity (Wildman–Crippen MR) is 80.2 cm³/mol. The van der Waals surface area contributed by atoms with E-state index in [9.17, 15) is 8.42 Å². The van der Waals surface area contributed by atoms with Gasteiger partial charge < -0.3 is 4.72 Å². The Balaban J connectivity index is 2.28. The van der Waals surface area contributed by atoms with E-state index in [1.54, 1.807) is 24.3 Å².